The summed E-state index contributed by atoms with van der Waals surface area (Å²) < 4.78 is 17.0. The van der Waals surface area contributed by atoms with Crippen LogP contribution in [0.15, 0.2) is 24.3 Å². The van der Waals surface area contributed by atoms with Crippen molar-refractivity contribution in [2.24, 2.45) is 0 Å². The number of nitrogens with one attached hydrogen (secondary N) is 1. The predicted octanol–water partition coefficient (Wildman–Crippen LogP) is 1.87. The number of rotatable bonds is 3. The highest BCUT2D eigenvalue weighted by Gasteiger charge is 2.25. The molecule has 0 radical (unpaired) electrons. The molecular formula is C13H19NO2S. The molecule has 1 aliphatic rings. The Kier molecular flexibility index (Phi) is 4.18. The molecule has 0 amide bonds. The van der Waals surface area contributed by atoms with Crippen LogP contribution in [0.3, 0.4) is 0 Å². The van der Waals surface area contributed by atoms with E-state index < -0.39 is 10.8 Å². The summed E-state index contributed by atoms with van der Waals surface area (Å²) in [6.45, 7) is 2.13. The van der Waals surface area contributed by atoms with Crippen LogP contribution in [-0.4, -0.2) is 28.9 Å². The first-order valence-electron chi connectivity index (χ1n) is 5.98. The standard InChI is InChI=1S/C13H19NO2S/c1-3-11-8-17(15)9-13(14-11)10-5-4-6-12(7-10)16-2/h4-7,11,13-14H,3,8-9H2,1-2H3. The van der Waals surface area contributed by atoms with Gasteiger partial charge in [0.25, 0.3) is 0 Å². The Morgan fingerprint density at radius 1 is 1.47 bits per heavy atom. The van der Waals surface area contributed by atoms with E-state index in [0.29, 0.717) is 11.8 Å². The van der Waals surface area contributed by atoms with Gasteiger partial charge in [0, 0.05) is 34.4 Å². The number of ether oxygens (including phenoxy) is 1. The maximum Gasteiger partial charge on any atom is 0.119 e. The van der Waals surface area contributed by atoms with Gasteiger partial charge in [-0.3, -0.25) is 4.21 Å². The van der Waals surface area contributed by atoms with Gasteiger partial charge in [-0.15, -0.1) is 0 Å². The van der Waals surface area contributed by atoms with Gasteiger partial charge in [0.05, 0.1) is 7.11 Å². The minimum Gasteiger partial charge on any atom is -0.497 e. The molecule has 0 aromatic heterocycles. The number of hydrogen-bond donors (Lipinski definition) is 1. The highest BCUT2D eigenvalue weighted by molar-refractivity contribution is 7.85. The first kappa shape index (κ1) is 12.6. The Balaban J connectivity index is 2.17. The van der Waals surface area contributed by atoms with Crippen LogP contribution in [0.2, 0.25) is 0 Å². The van der Waals surface area contributed by atoms with Gasteiger partial charge in [-0.1, -0.05) is 19.1 Å². The fraction of sp³-hybridized carbons (Fsp3) is 0.538. The van der Waals surface area contributed by atoms with Crippen LogP contribution in [0.1, 0.15) is 24.9 Å². The first-order chi connectivity index (χ1) is 8.22. The molecule has 94 valence electrons. The quantitative estimate of drug-likeness (QED) is 0.893. The van der Waals surface area contributed by atoms with Crippen molar-refractivity contribution in [1.29, 1.82) is 0 Å². The van der Waals surface area contributed by atoms with Crippen molar-refractivity contribution in [1.82, 2.24) is 5.32 Å². The molecule has 0 saturated carbocycles. The van der Waals surface area contributed by atoms with Crippen LogP contribution in [0, 0.1) is 0 Å². The topological polar surface area (TPSA) is 38.3 Å². The Morgan fingerprint density at radius 2 is 2.29 bits per heavy atom. The molecule has 1 aliphatic heterocycles. The molecule has 3 atom stereocenters. The van der Waals surface area contributed by atoms with Crippen molar-refractivity contribution in [2.75, 3.05) is 18.6 Å². The molecule has 0 spiro atoms. The Morgan fingerprint density at radius 3 is 3.00 bits per heavy atom. The lowest BCUT2D eigenvalue weighted by molar-refractivity contribution is 0.411. The van der Waals surface area contributed by atoms with Crippen molar-refractivity contribution in [2.45, 2.75) is 25.4 Å². The lowest BCUT2D eigenvalue weighted by atomic mass is 10.1. The summed E-state index contributed by atoms with van der Waals surface area (Å²) in [5, 5.41) is 3.55. The smallest absolute Gasteiger partial charge is 0.119 e. The average molecular weight is 253 g/mol. The molecule has 1 saturated heterocycles. The van der Waals surface area contributed by atoms with E-state index in [1.165, 1.54) is 0 Å². The third-order valence-electron chi connectivity index (χ3n) is 3.17. The van der Waals surface area contributed by atoms with E-state index >= 15 is 0 Å². The highest BCUT2D eigenvalue weighted by Crippen LogP contribution is 2.23. The second-order valence-electron chi connectivity index (χ2n) is 4.37. The zero-order valence-electron chi connectivity index (χ0n) is 10.3. The van der Waals surface area contributed by atoms with Crippen molar-refractivity contribution in [3.63, 3.8) is 0 Å². The Labute approximate surface area is 105 Å². The predicted molar refractivity (Wildman–Crippen MR) is 70.8 cm³/mol. The number of hydrogen-bond acceptors (Lipinski definition) is 3. The van der Waals surface area contributed by atoms with E-state index in [1.54, 1.807) is 7.11 Å². The molecule has 3 nitrogen and oxygen atoms in total. The van der Waals surface area contributed by atoms with Crippen LogP contribution in [0.4, 0.5) is 0 Å². The molecule has 17 heavy (non-hydrogen) atoms. The normalized spacial score (nSPS) is 28.9. The highest BCUT2D eigenvalue weighted by atomic mass is 32.2. The van der Waals surface area contributed by atoms with Gasteiger partial charge in [0.15, 0.2) is 0 Å². The van der Waals surface area contributed by atoms with Gasteiger partial charge in [-0.2, -0.15) is 0 Å². The minimum atomic E-state index is -0.713. The van der Waals surface area contributed by atoms with E-state index in [-0.39, 0.29) is 6.04 Å². The molecule has 0 aliphatic carbocycles. The molecule has 1 heterocycles. The van der Waals surface area contributed by atoms with Gasteiger partial charge in [-0.05, 0) is 24.1 Å². The molecule has 2 rings (SSSR count). The number of benzene rings is 1. The average Bonchev–Trinajstić information content (AvgIpc) is 2.38. The summed E-state index contributed by atoms with van der Waals surface area (Å²) in [4.78, 5) is 0. The van der Waals surface area contributed by atoms with Crippen molar-refractivity contribution >= 4 is 10.8 Å². The molecular weight excluding hydrogens is 234 g/mol. The van der Waals surface area contributed by atoms with Crippen LogP contribution in [-0.2, 0) is 10.8 Å². The van der Waals surface area contributed by atoms with Crippen LogP contribution in [0.5, 0.6) is 5.75 Å². The van der Waals surface area contributed by atoms with Crippen molar-refractivity contribution < 1.29 is 8.95 Å². The summed E-state index contributed by atoms with van der Waals surface area (Å²) in [6, 6.07) is 8.54. The fourth-order valence-electron chi connectivity index (χ4n) is 2.15. The summed E-state index contributed by atoms with van der Waals surface area (Å²) in [7, 11) is 0.954. The molecule has 0 bridgehead atoms. The minimum absolute atomic E-state index is 0.185. The van der Waals surface area contributed by atoms with Gasteiger partial charge < -0.3 is 10.1 Å². The van der Waals surface area contributed by atoms with E-state index in [2.05, 4.69) is 18.3 Å². The summed E-state index contributed by atoms with van der Waals surface area (Å²) in [5.74, 6) is 2.33. The van der Waals surface area contributed by atoms with Crippen molar-refractivity contribution in [3.8, 4) is 5.75 Å². The van der Waals surface area contributed by atoms with Gasteiger partial charge in [0.2, 0.25) is 0 Å². The third-order valence-corrected chi connectivity index (χ3v) is 4.64. The third kappa shape index (κ3) is 3.07. The Hall–Kier alpha value is -0.870. The zero-order valence-corrected chi connectivity index (χ0v) is 11.1. The van der Waals surface area contributed by atoms with Gasteiger partial charge in [-0.25, -0.2) is 0 Å². The molecule has 1 fully saturated rings. The molecule has 3 unspecified atom stereocenters. The molecule has 1 aromatic carbocycles. The maximum absolute atomic E-state index is 11.8. The zero-order chi connectivity index (χ0) is 12.3. The van der Waals surface area contributed by atoms with E-state index in [1.807, 2.05) is 18.2 Å². The summed E-state index contributed by atoms with van der Waals surface area (Å²) in [6.07, 6.45) is 1.02. The SMILES string of the molecule is CCC1CS(=O)CC(c2cccc(OC)c2)N1. The molecule has 1 aromatic rings. The monoisotopic (exact) mass is 253 g/mol. The van der Waals surface area contributed by atoms with Crippen LogP contribution >= 0.6 is 0 Å². The fourth-order valence-corrected chi connectivity index (χ4v) is 3.72. The Bertz CT molecular complexity index is 408. The summed E-state index contributed by atoms with van der Waals surface area (Å²) >= 11 is 0. The van der Waals surface area contributed by atoms with Gasteiger partial charge >= 0.3 is 0 Å². The van der Waals surface area contributed by atoms with E-state index in [9.17, 15) is 4.21 Å². The number of methoxy groups -OCH3 is 1. The molecule has 1 N–H and O–H groups in total. The maximum atomic E-state index is 11.8. The second kappa shape index (κ2) is 5.65. The first-order valence-corrected chi connectivity index (χ1v) is 7.46. The lowest BCUT2D eigenvalue weighted by Gasteiger charge is -2.30. The van der Waals surface area contributed by atoms with E-state index in [0.717, 1.165) is 23.5 Å². The van der Waals surface area contributed by atoms with Crippen molar-refractivity contribution in [3.05, 3.63) is 29.8 Å². The largest absolute Gasteiger partial charge is 0.497 e. The second-order valence-corrected chi connectivity index (χ2v) is 5.92. The van der Waals surface area contributed by atoms with Gasteiger partial charge in [0.1, 0.15) is 5.75 Å². The van der Waals surface area contributed by atoms with Crippen LogP contribution in [0.25, 0.3) is 0 Å². The summed E-state index contributed by atoms with van der Waals surface area (Å²) in [5.41, 5.74) is 1.16. The lowest BCUT2D eigenvalue weighted by Crippen LogP contribution is -2.44. The van der Waals surface area contributed by atoms with Crippen LogP contribution < -0.4 is 10.1 Å². The molecule has 4 heteroatoms. The van der Waals surface area contributed by atoms with E-state index in [4.69, 9.17) is 4.74 Å².